The van der Waals surface area contributed by atoms with Gasteiger partial charge in [-0.3, -0.25) is 4.79 Å². The Labute approximate surface area is 158 Å². The topological polar surface area (TPSA) is 79.3 Å². The molecule has 0 amide bonds. The lowest BCUT2D eigenvalue weighted by Crippen LogP contribution is -2.43. The molecule has 0 radical (unpaired) electrons. The molecular weight excluding hydrogens is 345 g/mol. The molecule has 0 saturated heterocycles. The summed E-state index contributed by atoms with van der Waals surface area (Å²) in [7, 11) is 1.60. The quantitative estimate of drug-likeness (QED) is 0.882. The fourth-order valence-electron chi connectivity index (χ4n) is 4.00. The molecule has 0 spiro atoms. The molecule has 2 N–H and O–H groups in total. The van der Waals surface area contributed by atoms with Gasteiger partial charge < -0.3 is 15.4 Å². The zero-order chi connectivity index (χ0) is 19.8. The van der Waals surface area contributed by atoms with E-state index in [0.717, 1.165) is 5.70 Å². The molecule has 6 heteroatoms. The number of benzene rings is 1. The number of hydrogen-bond acceptors (Lipinski definition) is 5. The molecule has 0 fully saturated rings. The maximum absolute atomic E-state index is 13.4. The van der Waals surface area contributed by atoms with Gasteiger partial charge in [0.15, 0.2) is 5.78 Å². The highest BCUT2D eigenvalue weighted by atomic mass is 19.1. The Morgan fingerprint density at radius 2 is 2.00 bits per heavy atom. The fourth-order valence-corrected chi connectivity index (χ4v) is 4.00. The second-order valence-electron chi connectivity index (χ2n) is 7.84. The number of nitrogens with two attached hydrogens (primary N) is 1. The van der Waals surface area contributed by atoms with Gasteiger partial charge in [0.2, 0.25) is 0 Å². The van der Waals surface area contributed by atoms with Crippen LogP contribution in [0.3, 0.4) is 0 Å². The second-order valence-corrected chi connectivity index (χ2v) is 7.84. The molecule has 3 rings (SSSR count). The van der Waals surface area contributed by atoms with Gasteiger partial charge >= 0.3 is 0 Å². The highest BCUT2D eigenvalue weighted by Gasteiger charge is 2.44. The fraction of sp³-hybridized carbons (Fsp3) is 0.429. The van der Waals surface area contributed by atoms with Crippen LogP contribution >= 0.6 is 0 Å². The molecular formula is C21H24FN3O2. The standard InChI is InChI=1S/C21H24FN3O2/c1-21(2)10-16-19(17(26)11-21)18(13-4-6-14(22)7-5-13)15(12-23)20(24)25(16)8-9-27-3/h4-7,18H,8-11,24H2,1-3H3/t18-/m1/s1. The van der Waals surface area contributed by atoms with Crippen molar-refractivity contribution < 1.29 is 13.9 Å². The van der Waals surface area contributed by atoms with E-state index in [2.05, 4.69) is 19.9 Å². The summed E-state index contributed by atoms with van der Waals surface area (Å²) in [5.41, 5.74) is 8.65. The maximum atomic E-state index is 13.4. The predicted molar refractivity (Wildman–Crippen MR) is 99.6 cm³/mol. The van der Waals surface area contributed by atoms with Crippen LogP contribution in [0.4, 0.5) is 4.39 Å². The van der Waals surface area contributed by atoms with Gasteiger partial charge in [-0.2, -0.15) is 5.26 Å². The van der Waals surface area contributed by atoms with Crippen LogP contribution in [0, 0.1) is 22.6 Å². The second kappa shape index (κ2) is 7.16. The van der Waals surface area contributed by atoms with Crippen LogP contribution in [0.2, 0.25) is 0 Å². The zero-order valence-electron chi connectivity index (χ0n) is 15.9. The van der Waals surface area contributed by atoms with Crippen LogP contribution in [-0.4, -0.2) is 30.9 Å². The van der Waals surface area contributed by atoms with E-state index in [1.807, 2.05) is 4.90 Å². The molecule has 1 aliphatic heterocycles. The van der Waals surface area contributed by atoms with Crippen LogP contribution in [0.1, 0.15) is 38.2 Å². The molecule has 0 bridgehead atoms. The lowest BCUT2D eigenvalue weighted by Gasteiger charge is -2.43. The Hall–Kier alpha value is -2.65. The number of ketones is 1. The van der Waals surface area contributed by atoms with E-state index in [1.54, 1.807) is 19.2 Å². The summed E-state index contributed by atoms with van der Waals surface area (Å²) in [5.74, 6) is -0.573. The number of methoxy groups -OCH3 is 1. The van der Waals surface area contributed by atoms with Crippen molar-refractivity contribution in [3.8, 4) is 6.07 Å². The number of carbonyl (C=O) groups excluding carboxylic acids is 1. The molecule has 5 nitrogen and oxygen atoms in total. The number of ether oxygens (including phenoxy) is 1. The van der Waals surface area contributed by atoms with Crippen molar-refractivity contribution in [3.05, 3.63) is 58.3 Å². The molecule has 27 heavy (non-hydrogen) atoms. The first-order valence-electron chi connectivity index (χ1n) is 8.97. The van der Waals surface area contributed by atoms with Gasteiger partial charge in [-0.1, -0.05) is 26.0 Å². The van der Waals surface area contributed by atoms with Crippen molar-refractivity contribution in [1.29, 1.82) is 5.26 Å². The summed E-state index contributed by atoms with van der Waals surface area (Å²) in [4.78, 5) is 15.0. The van der Waals surface area contributed by atoms with Crippen molar-refractivity contribution in [2.75, 3.05) is 20.3 Å². The average molecular weight is 369 g/mol. The van der Waals surface area contributed by atoms with Gasteiger partial charge in [-0.25, -0.2) is 4.39 Å². The number of hydrogen-bond donors (Lipinski definition) is 1. The number of rotatable bonds is 4. The minimum atomic E-state index is -0.562. The van der Waals surface area contributed by atoms with E-state index >= 15 is 0 Å². The van der Waals surface area contributed by atoms with E-state index in [9.17, 15) is 14.4 Å². The summed E-state index contributed by atoms with van der Waals surface area (Å²) in [6, 6.07) is 8.11. The molecule has 142 valence electrons. The van der Waals surface area contributed by atoms with Gasteiger partial charge in [-0.05, 0) is 29.5 Å². The molecule has 1 aromatic carbocycles. The molecule has 1 aromatic rings. The van der Waals surface area contributed by atoms with Gasteiger partial charge in [0.05, 0.1) is 24.2 Å². The minimum Gasteiger partial charge on any atom is -0.384 e. The van der Waals surface area contributed by atoms with Gasteiger partial charge in [0.1, 0.15) is 11.6 Å². The van der Waals surface area contributed by atoms with Crippen LogP contribution in [0.5, 0.6) is 0 Å². The summed E-state index contributed by atoms with van der Waals surface area (Å²) < 4.78 is 18.6. The van der Waals surface area contributed by atoms with Crippen LogP contribution in [0.15, 0.2) is 46.9 Å². The van der Waals surface area contributed by atoms with E-state index in [0.29, 0.717) is 48.5 Å². The van der Waals surface area contributed by atoms with Gasteiger partial charge in [-0.15, -0.1) is 0 Å². The Kier molecular flexibility index (Phi) is 5.07. The normalized spacial score (nSPS) is 22.0. The van der Waals surface area contributed by atoms with E-state index in [-0.39, 0.29) is 17.0 Å². The summed E-state index contributed by atoms with van der Waals surface area (Å²) in [6.07, 6.45) is 1.08. The van der Waals surface area contributed by atoms with Crippen LogP contribution in [0.25, 0.3) is 0 Å². The third-order valence-electron chi connectivity index (χ3n) is 5.21. The van der Waals surface area contributed by atoms with Crippen molar-refractivity contribution in [3.63, 3.8) is 0 Å². The number of allylic oxidation sites excluding steroid dienone is 3. The third-order valence-corrected chi connectivity index (χ3v) is 5.21. The number of nitriles is 1. The van der Waals surface area contributed by atoms with Crippen molar-refractivity contribution in [2.24, 2.45) is 11.1 Å². The lowest BCUT2D eigenvalue weighted by atomic mass is 9.68. The number of Topliss-reactive ketones (excluding diaryl/α,β-unsaturated/α-hetero) is 1. The third kappa shape index (κ3) is 3.47. The van der Waals surface area contributed by atoms with E-state index in [1.165, 1.54) is 12.1 Å². The lowest BCUT2D eigenvalue weighted by molar-refractivity contribution is -0.118. The Balaban J connectivity index is 2.21. The van der Waals surface area contributed by atoms with E-state index in [4.69, 9.17) is 10.5 Å². The van der Waals surface area contributed by atoms with Gasteiger partial charge in [0, 0.05) is 31.3 Å². The summed E-state index contributed by atoms with van der Waals surface area (Å²) >= 11 is 0. The maximum Gasteiger partial charge on any atom is 0.162 e. The molecule has 0 aromatic heterocycles. The number of nitrogens with zero attached hydrogens (tertiary/aromatic N) is 2. The number of halogens is 1. The largest absolute Gasteiger partial charge is 0.384 e. The van der Waals surface area contributed by atoms with Crippen LogP contribution in [-0.2, 0) is 9.53 Å². The van der Waals surface area contributed by atoms with E-state index < -0.39 is 5.92 Å². The highest BCUT2D eigenvalue weighted by Crippen LogP contribution is 2.48. The highest BCUT2D eigenvalue weighted by molar-refractivity contribution is 6.00. The molecule has 1 aliphatic carbocycles. The monoisotopic (exact) mass is 369 g/mol. The Bertz CT molecular complexity index is 862. The first-order chi connectivity index (χ1) is 12.8. The molecule has 1 heterocycles. The average Bonchev–Trinajstić information content (AvgIpc) is 2.60. The van der Waals surface area contributed by atoms with Crippen molar-refractivity contribution in [2.45, 2.75) is 32.6 Å². The first-order valence-corrected chi connectivity index (χ1v) is 8.97. The van der Waals surface area contributed by atoms with Crippen molar-refractivity contribution >= 4 is 5.78 Å². The minimum absolute atomic E-state index is 0.0123. The van der Waals surface area contributed by atoms with Crippen molar-refractivity contribution in [1.82, 2.24) is 4.90 Å². The smallest absolute Gasteiger partial charge is 0.162 e. The first kappa shape index (κ1) is 19.1. The molecule has 2 aliphatic rings. The molecule has 0 unspecified atom stereocenters. The Morgan fingerprint density at radius 1 is 1.33 bits per heavy atom. The Morgan fingerprint density at radius 3 is 2.59 bits per heavy atom. The number of carbonyl (C=O) groups is 1. The molecule has 0 saturated carbocycles. The predicted octanol–water partition coefficient (Wildman–Crippen LogP) is 3.21. The molecule has 1 atom stereocenters. The summed E-state index contributed by atoms with van der Waals surface area (Å²) in [5, 5.41) is 9.82. The summed E-state index contributed by atoms with van der Waals surface area (Å²) in [6.45, 7) is 4.99. The van der Waals surface area contributed by atoms with Gasteiger partial charge in [0.25, 0.3) is 0 Å². The van der Waals surface area contributed by atoms with Crippen LogP contribution < -0.4 is 5.73 Å². The SMILES string of the molecule is COCCN1C(N)=C(C#N)[C@@H](c2ccc(F)cc2)C2=C1CC(C)(C)CC2=O. The zero-order valence-corrected chi connectivity index (χ0v) is 15.9.